The van der Waals surface area contributed by atoms with Crippen LogP contribution in [0.4, 0.5) is 5.13 Å². The molecule has 4 rings (SSSR count). The van der Waals surface area contributed by atoms with Crippen LogP contribution < -0.4 is 20.5 Å². The number of hydrogen-bond acceptors (Lipinski definition) is 7. The van der Waals surface area contributed by atoms with Crippen molar-refractivity contribution in [3.63, 3.8) is 0 Å². The van der Waals surface area contributed by atoms with Gasteiger partial charge in [-0.15, -0.1) is 11.3 Å². The molecule has 3 heterocycles. The van der Waals surface area contributed by atoms with Gasteiger partial charge in [0, 0.05) is 24.2 Å². The largest absolute Gasteiger partial charge is 0.486 e. The molecule has 2 aromatic rings. The van der Waals surface area contributed by atoms with Gasteiger partial charge in [0.05, 0.1) is 11.7 Å². The number of thiazole rings is 1. The number of benzene rings is 1. The van der Waals surface area contributed by atoms with E-state index in [-0.39, 0.29) is 11.8 Å². The second-order valence-electron chi connectivity index (χ2n) is 6.36. The zero-order valence-corrected chi connectivity index (χ0v) is 15.1. The summed E-state index contributed by atoms with van der Waals surface area (Å²) in [4.78, 5) is 16.9. The lowest BCUT2D eigenvalue weighted by Gasteiger charge is -2.26. The number of anilines is 1. The molecule has 26 heavy (non-hydrogen) atoms. The van der Waals surface area contributed by atoms with Crippen LogP contribution in [0.15, 0.2) is 23.6 Å². The molecule has 1 fully saturated rings. The Morgan fingerprint density at radius 1 is 1.19 bits per heavy atom. The zero-order valence-electron chi connectivity index (χ0n) is 14.3. The van der Waals surface area contributed by atoms with Crippen molar-refractivity contribution in [2.75, 3.05) is 31.7 Å². The van der Waals surface area contributed by atoms with Gasteiger partial charge in [-0.1, -0.05) is 0 Å². The first-order valence-electron chi connectivity index (χ1n) is 8.70. The van der Waals surface area contributed by atoms with E-state index in [2.05, 4.69) is 10.3 Å². The Hall–Kier alpha value is -2.16. The first-order valence-corrected chi connectivity index (χ1v) is 9.58. The summed E-state index contributed by atoms with van der Waals surface area (Å²) in [5, 5.41) is 5.29. The molecular weight excluding hydrogens is 354 g/mol. The van der Waals surface area contributed by atoms with Crippen LogP contribution in [0.2, 0.25) is 0 Å². The molecule has 0 spiro atoms. The Balaban J connectivity index is 1.43. The van der Waals surface area contributed by atoms with Crippen molar-refractivity contribution >= 4 is 22.4 Å². The van der Waals surface area contributed by atoms with Crippen LogP contribution >= 0.6 is 11.3 Å². The van der Waals surface area contributed by atoms with E-state index < -0.39 is 6.04 Å². The molecule has 2 aliphatic heterocycles. The van der Waals surface area contributed by atoms with Gasteiger partial charge < -0.3 is 25.3 Å². The van der Waals surface area contributed by atoms with Gasteiger partial charge in [-0.05, 0) is 37.0 Å². The molecule has 0 aliphatic carbocycles. The Labute approximate surface area is 155 Å². The third kappa shape index (κ3) is 3.67. The highest BCUT2D eigenvalue weighted by Gasteiger charge is 2.27. The topological polar surface area (TPSA) is 95.7 Å². The number of nitrogens with one attached hydrogen (secondary N) is 1. The predicted molar refractivity (Wildman–Crippen MR) is 98.7 cm³/mol. The summed E-state index contributed by atoms with van der Waals surface area (Å²) in [6.07, 6.45) is 1.63. The summed E-state index contributed by atoms with van der Waals surface area (Å²) in [5.74, 6) is 1.42. The van der Waals surface area contributed by atoms with Crippen molar-refractivity contribution in [2.45, 2.75) is 18.9 Å². The van der Waals surface area contributed by atoms with Gasteiger partial charge in [0.25, 0.3) is 0 Å². The Morgan fingerprint density at radius 3 is 2.77 bits per heavy atom. The van der Waals surface area contributed by atoms with Gasteiger partial charge >= 0.3 is 0 Å². The number of nitrogens with zero attached hydrogens (tertiary/aromatic N) is 1. The molecule has 138 valence electrons. The summed E-state index contributed by atoms with van der Waals surface area (Å²) < 4.78 is 16.5. The SMILES string of the molecule is NC(C(=O)Nc1nc(-c2ccc3c(c2)OCCO3)cs1)C1CCOCC1. The molecule has 0 radical (unpaired) electrons. The Morgan fingerprint density at radius 2 is 1.96 bits per heavy atom. The number of ether oxygens (including phenoxy) is 3. The Bertz CT molecular complexity index is 788. The lowest BCUT2D eigenvalue weighted by Crippen LogP contribution is -2.43. The smallest absolute Gasteiger partial charge is 0.243 e. The first kappa shape index (κ1) is 17.3. The lowest BCUT2D eigenvalue weighted by atomic mass is 9.92. The highest BCUT2D eigenvalue weighted by Crippen LogP contribution is 2.35. The van der Waals surface area contributed by atoms with Crippen LogP contribution in [0.5, 0.6) is 11.5 Å². The van der Waals surface area contributed by atoms with Gasteiger partial charge in [-0.25, -0.2) is 4.98 Å². The van der Waals surface area contributed by atoms with Gasteiger partial charge in [-0.3, -0.25) is 4.79 Å². The maximum atomic E-state index is 12.4. The van der Waals surface area contributed by atoms with E-state index in [1.807, 2.05) is 23.6 Å². The highest BCUT2D eigenvalue weighted by atomic mass is 32.1. The van der Waals surface area contributed by atoms with Gasteiger partial charge in [0.1, 0.15) is 13.2 Å². The molecular formula is C18H21N3O4S. The molecule has 8 heteroatoms. The number of nitrogens with two attached hydrogens (primary N) is 1. The summed E-state index contributed by atoms with van der Waals surface area (Å²) >= 11 is 1.38. The third-order valence-electron chi connectivity index (χ3n) is 4.65. The van der Waals surface area contributed by atoms with E-state index in [1.54, 1.807) is 0 Å². The number of rotatable bonds is 4. The monoisotopic (exact) mass is 375 g/mol. The fraction of sp³-hybridized carbons (Fsp3) is 0.444. The van der Waals surface area contributed by atoms with E-state index in [9.17, 15) is 4.79 Å². The molecule has 0 saturated carbocycles. The maximum absolute atomic E-state index is 12.4. The van der Waals surface area contributed by atoms with Crippen LogP contribution in [-0.2, 0) is 9.53 Å². The molecule has 1 aromatic carbocycles. The zero-order chi connectivity index (χ0) is 17.9. The minimum absolute atomic E-state index is 0.154. The minimum atomic E-state index is -0.541. The highest BCUT2D eigenvalue weighted by molar-refractivity contribution is 7.14. The number of carbonyl (C=O) groups is 1. The second-order valence-corrected chi connectivity index (χ2v) is 7.22. The quantitative estimate of drug-likeness (QED) is 0.851. The molecule has 1 saturated heterocycles. The van der Waals surface area contributed by atoms with Crippen molar-refractivity contribution in [2.24, 2.45) is 11.7 Å². The number of fused-ring (bicyclic) bond motifs is 1. The third-order valence-corrected chi connectivity index (χ3v) is 5.41. The number of aromatic nitrogens is 1. The van der Waals surface area contributed by atoms with Crippen LogP contribution in [0.25, 0.3) is 11.3 Å². The lowest BCUT2D eigenvalue weighted by molar-refractivity contribution is -0.119. The van der Waals surface area contributed by atoms with Crippen LogP contribution in [0.1, 0.15) is 12.8 Å². The van der Waals surface area contributed by atoms with Crippen LogP contribution in [-0.4, -0.2) is 43.4 Å². The molecule has 1 amide bonds. The van der Waals surface area contributed by atoms with E-state index in [0.29, 0.717) is 37.3 Å². The molecule has 1 aromatic heterocycles. The van der Waals surface area contributed by atoms with Crippen LogP contribution in [0, 0.1) is 5.92 Å². The van der Waals surface area contributed by atoms with E-state index >= 15 is 0 Å². The number of amides is 1. The molecule has 0 bridgehead atoms. The normalized spacial score (nSPS) is 18.3. The summed E-state index contributed by atoms with van der Waals surface area (Å²) in [7, 11) is 0. The number of hydrogen-bond donors (Lipinski definition) is 2. The molecule has 2 aliphatic rings. The minimum Gasteiger partial charge on any atom is -0.486 e. The van der Waals surface area contributed by atoms with Gasteiger partial charge in [0.2, 0.25) is 5.91 Å². The first-order chi connectivity index (χ1) is 12.7. The number of carbonyl (C=O) groups excluding carboxylic acids is 1. The molecule has 1 unspecified atom stereocenters. The average molecular weight is 375 g/mol. The predicted octanol–water partition coefficient (Wildman–Crippen LogP) is 2.27. The average Bonchev–Trinajstić information content (AvgIpc) is 3.16. The van der Waals surface area contributed by atoms with Crippen LogP contribution in [0.3, 0.4) is 0 Å². The molecule has 7 nitrogen and oxygen atoms in total. The Kier molecular flexibility index (Phi) is 5.05. The molecule has 3 N–H and O–H groups in total. The fourth-order valence-corrected chi connectivity index (χ4v) is 3.87. The maximum Gasteiger partial charge on any atom is 0.243 e. The van der Waals surface area contributed by atoms with E-state index in [0.717, 1.165) is 29.8 Å². The van der Waals surface area contributed by atoms with Crippen molar-refractivity contribution in [1.29, 1.82) is 0 Å². The molecule has 1 atom stereocenters. The standard InChI is InChI=1S/C18H21N3O4S/c19-16(11-3-5-23-6-4-11)17(22)21-18-20-13(10-26-18)12-1-2-14-15(9-12)25-8-7-24-14/h1-2,9-11,16H,3-8,19H2,(H,20,21,22). The summed E-state index contributed by atoms with van der Waals surface area (Å²) in [5.41, 5.74) is 7.81. The van der Waals surface area contributed by atoms with Crippen molar-refractivity contribution in [3.8, 4) is 22.8 Å². The van der Waals surface area contributed by atoms with Gasteiger partial charge in [-0.2, -0.15) is 0 Å². The van der Waals surface area contributed by atoms with Crippen molar-refractivity contribution < 1.29 is 19.0 Å². The van der Waals surface area contributed by atoms with E-state index in [1.165, 1.54) is 11.3 Å². The van der Waals surface area contributed by atoms with E-state index in [4.69, 9.17) is 19.9 Å². The van der Waals surface area contributed by atoms with Crippen molar-refractivity contribution in [3.05, 3.63) is 23.6 Å². The van der Waals surface area contributed by atoms with Crippen molar-refractivity contribution in [1.82, 2.24) is 4.98 Å². The van der Waals surface area contributed by atoms with Gasteiger partial charge in [0.15, 0.2) is 16.6 Å². The fourth-order valence-electron chi connectivity index (χ4n) is 3.14. The summed E-state index contributed by atoms with van der Waals surface area (Å²) in [6, 6.07) is 5.17. The summed E-state index contributed by atoms with van der Waals surface area (Å²) in [6.45, 7) is 2.43. The second kappa shape index (κ2) is 7.61.